The van der Waals surface area contributed by atoms with Gasteiger partial charge in [-0.25, -0.2) is 0 Å². The molecule has 2 heteroatoms. The minimum atomic E-state index is 1.04. The molecule has 2 nitrogen and oxygen atoms in total. The highest BCUT2D eigenvalue weighted by Gasteiger charge is 2.24. The third kappa shape index (κ3) is 6.13. The first-order valence-corrected chi connectivity index (χ1v) is 9.26. The van der Waals surface area contributed by atoms with E-state index in [1.807, 2.05) is 13.8 Å². The van der Waals surface area contributed by atoms with Gasteiger partial charge in [0.1, 0.15) is 0 Å². The van der Waals surface area contributed by atoms with Gasteiger partial charge in [0.2, 0.25) is 0 Å². The summed E-state index contributed by atoms with van der Waals surface area (Å²) in [7, 11) is 0. The summed E-state index contributed by atoms with van der Waals surface area (Å²) in [5.41, 5.74) is 0. The second kappa shape index (κ2) is 10.6. The third-order valence-electron chi connectivity index (χ3n) is 5.07. The lowest BCUT2D eigenvalue weighted by Gasteiger charge is -2.36. The van der Waals surface area contributed by atoms with Crippen LogP contribution in [0.2, 0.25) is 0 Å². The van der Waals surface area contributed by atoms with Crippen molar-refractivity contribution < 1.29 is 0 Å². The maximum Gasteiger partial charge on any atom is -0.00161 e. The predicted octanol–water partition coefficient (Wildman–Crippen LogP) is 4.26. The predicted molar refractivity (Wildman–Crippen MR) is 90.3 cm³/mol. The molecule has 2 fully saturated rings. The van der Waals surface area contributed by atoms with Crippen molar-refractivity contribution in [1.29, 1.82) is 0 Å². The smallest absolute Gasteiger partial charge is 0.00161 e. The molecule has 0 atom stereocenters. The maximum absolute atomic E-state index is 2.66. The largest absolute Gasteiger partial charge is 0.304 e. The van der Waals surface area contributed by atoms with Crippen LogP contribution in [-0.2, 0) is 0 Å². The Kier molecular flexibility index (Phi) is 9.54. The highest BCUT2D eigenvalue weighted by Crippen LogP contribution is 2.29. The van der Waals surface area contributed by atoms with E-state index >= 15 is 0 Å². The summed E-state index contributed by atoms with van der Waals surface area (Å²) in [5.74, 6) is 2.08. The van der Waals surface area contributed by atoms with Crippen molar-refractivity contribution in [3.8, 4) is 0 Å². The van der Waals surface area contributed by atoms with E-state index in [-0.39, 0.29) is 0 Å². The van der Waals surface area contributed by atoms with Gasteiger partial charge in [-0.05, 0) is 89.6 Å². The molecular weight excluding hydrogens is 244 g/mol. The van der Waals surface area contributed by atoms with Crippen LogP contribution >= 0.6 is 0 Å². The summed E-state index contributed by atoms with van der Waals surface area (Å²) >= 11 is 0. The van der Waals surface area contributed by atoms with Crippen LogP contribution in [-0.4, -0.2) is 49.1 Å². The number of likely N-dealkylation sites (tertiary alicyclic amines) is 2. The van der Waals surface area contributed by atoms with E-state index in [0.29, 0.717) is 0 Å². The van der Waals surface area contributed by atoms with Crippen molar-refractivity contribution in [3.63, 3.8) is 0 Å². The van der Waals surface area contributed by atoms with Crippen molar-refractivity contribution in [2.75, 3.05) is 39.3 Å². The fourth-order valence-electron chi connectivity index (χ4n) is 3.77. The molecule has 0 radical (unpaired) electrons. The van der Waals surface area contributed by atoms with E-state index in [0.717, 1.165) is 11.8 Å². The van der Waals surface area contributed by atoms with Gasteiger partial charge in [-0.15, -0.1) is 0 Å². The summed E-state index contributed by atoms with van der Waals surface area (Å²) in [6.45, 7) is 16.6. The summed E-state index contributed by atoms with van der Waals surface area (Å²) in [6, 6.07) is 0. The first-order valence-electron chi connectivity index (χ1n) is 9.26. The monoisotopic (exact) mass is 282 g/mol. The zero-order valence-corrected chi connectivity index (χ0v) is 14.5. The molecule has 2 aliphatic heterocycles. The fraction of sp³-hybridized carbons (Fsp3) is 1.00. The first-order chi connectivity index (χ1) is 9.81. The van der Waals surface area contributed by atoms with Crippen LogP contribution in [0.25, 0.3) is 0 Å². The lowest BCUT2D eigenvalue weighted by Crippen LogP contribution is -2.37. The van der Waals surface area contributed by atoms with E-state index in [9.17, 15) is 0 Å². The highest BCUT2D eigenvalue weighted by atomic mass is 15.1. The molecule has 0 aromatic carbocycles. The van der Waals surface area contributed by atoms with Crippen LogP contribution in [0.15, 0.2) is 0 Å². The number of rotatable bonds is 5. The summed E-state index contributed by atoms with van der Waals surface area (Å²) in [5, 5.41) is 0. The molecular formula is C18H38N2. The molecule has 2 heterocycles. The Morgan fingerprint density at radius 2 is 1.20 bits per heavy atom. The van der Waals surface area contributed by atoms with E-state index in [1.54, 1.807) is 0 Å². The Morgan fingerprint density at radius 1 is 0.750 bits per heavy atom. The number of piperidine rings is 2. The van der Waals surface area contributed by atoms with Gasteiger partial charge in [0, 0.05) is 0 Å². The van der Waals surface area contributed by atoms with Crippen LogP contribution in [0, 0.1) is 11.8 Å². The number of hydrogen-bond donors (Lipinski definition) is 0. The van der Waals surface area contributed by atoms with Crippen LogP contribution in [0.1, 0.15) is 66.2 Å². The van der Waals surface area contributed by atoms with Gasteiger partial charge >= 0.3 is 0 Å². The van der Waals surface area contributed by atoms with Crippen LogP contribution in [0.5, 0.6) is 0 Å². The van der Waals surface area contributed by atoms with Crippen LogP contribution in [0.3, 0.4) is 0 Å². The molecule has 120 valence electrons. The van der Waals surface area contributed by atoms with E-state index in [4.69, 9.17) is 0 Å². The van der Waals surface area contributed by atoms with Crippen molar-refractivity contribution in [3.05, 3.63) is 0 Å². The molecule has 2 saturated heterocycles. The van der Waals surface area contributed by atoms with E-state index in [1.165, 1.54) is 77.8 Å². The highest BCUT2D eigenvalue weighted by molar-refractivity contribution is 4.78. The molecule has 0 saturated carbocycles. The summed E-state index contributed by atoms with van der Waals surface area (Å²) in [4.78, 5) is 5.27. The van der Waals surface area contributed by atoms with E-state index < -0.39 is 0 Å². The van der Waals surface area contributed by atoms with Crippen LogP contribution < -0.4 is 0 Å². The van der Waals surface area contributed by atoms with Gasteiger partial charge in [0.05, 0.1) is 0 Å². The second-order valence-electron chi connectivity index (χ2n) is 6.40. The van der Waals surface area contributed by atoms with Gasteiger partial charge in [-0.2, -0.15) is 0 Å². The summed E-state index contributed by atoms with van der Waals surface area (Å²) in [6.07, 6.45) is 8.70. The molecule has 2 aliphatic rings. The molecule has 0 bridgehead atoms. The molecule has 0 spiro atoms. The quantitative estimate of drug-likeness (QED) is 0.743. The standard InChI is InChI=1S/C16H32N2.C2H6/c1-3-9-18-12-7-16(8-13-18)14-15-5-10-17(4-2)11-6-15;1-2/h15-16H,3-14H2,1-2H3;1-2H3. The SMILES string of the molecule is CC.CCCN1CCC(CC2CCN(CC)CC2)CC1. The molecule has 0 aliphatic carbocycles. The minimum Gasteiger partial charge on any atom is -0.304 e. The molecule has 20 heavy (non-hydrogen) atoms. The van der Waals surface area contributed by atoms with Crippen molar-refractivity contribution in [1.82, 2.24) is 9.80 Å². The van der Waals surface area contributed by atoms with Crippen LogP contribution in [0.4, 0.5) is 0 Å². The maximum atomic E-state index is 2.66. The van der Waals surface area contributed by atoms with Crippen molar-refractivity contribution >= 4 is 0 Å². The Morgan fingerprint density at radius 3 is 1.60 bits per heavy atom. The average Bonchev–Trinajstić information content (AvgIpc) is 2.52. The lowest BCUT2D eigenvalue weighted by molar-refractivity contribution is 0.135. The Labute approximate surface area is 127 Å². The fourth-order valence-corrected chi connectivity index (χ4v) is 3.77. The normalized spacial score (nSPS) is 23.4. The number of hydrogen-bond acceptors (Lipinski definition) is 2. The Bertz CT molecular complexity index is 213. The zero-order valence-electron chi connectivity index (χ0n) is 14.5. The molecule has 0 aromatic heterocycles. The van der Waals surface area contributed by atoms with Gasteiger partial charge in [-0.1, -0.05) is 27.7 Å². The molecule has 2 rings (SSSR count). The van der Waals surface area contributed by atoms with Crippen molar-refractivity contribution in [2.24, 2.45) is 11.8 Å². The van der Waals surface area contributed by atoms with E-state index in [2.05, 4.69) is 23.6 Å². The average molecular weight is 283 g/mol. The molecule has 0 N–H and O–H groups in total. The zero-order chi connectivity index (χ0) is 14.8. The second-order valence-corrected chi connectivity index (χ2v) is 6.40. The molecule has 0 aromatic rings. The van der Waals surface area contributed by atoms with Gasteiger partial charge in [0.15, 0.2) is 0 Å². The van der Waals surface area contributed by atoms with Gasteiger partial charge in [0.25, 0.3) is 0 Å². The lowest BCUT2D eigenvalue weighted by atomic mass is 9.83. The first kappa shape index (κ1) is 18.0. The minimum absolute atomic E-state index is 1.04. The topological polar surface area (TPSA) is 6.48 Å². The van der Waals surface area contributed by atoms with Crippen molar-refractivity contribution in [2.45, 2.75) is 66.2 Å². The van der Waals surface area contributed by atoms with Gasteiger partial charge < -0.3 is 9.80 Å². The summed E-state index contributed by atoms with van der Waals surface area (Å²) < 4.78 is 0. The Hall–Kier alpha value is -0.0800. The number of nitrogens with zero attached hydrogens (tertiary/aromatic N) is 2. The van der Waals surface area contributed by atoms with Gasteiger partial charge in [-0.3, -0.25) is 0 Å². The molecule has 0 unspecified atom stereocenters. The third-order valence-corrected chi connectivity index (χ3v) is 5.07. The molecule has 0 amide bonds. The Balaban J connectivity index is 0.000000956.